The van der Waals surface area contributed by atoms with Crippen LogP contribution < -0.4 is 10.6 Å². The molecule has 0 bridgehead atoms. The standard InChI is InChI=1S/C29H48N2O12/c1-5-14-28(15-9-22(34)35,16-10-23(36)37)30-20(32)7-6-8-21(33)31-29(17-11-24(38)39,18-12-25(40)41)19-13-26(42)43-27(2,3)4/h5-19H2,1-4H3,(H,30,32)(H,31,33)(H,34,35)(H,36,37)(H,38,39)(H,40,41). The third-order valence-electron chi connectivity index (χ3n) is 6.84. The lowest BCUT2D eigenvalue weighted by molar-refractivity contribution is -0.155. The van der Waals surface area contributed by atoms with Gasteiger partial charge in [-0.3, -0.25) is 33.6 Å². The van der Waals surface area contributed by atoms with Crippen LogP contribution in [0, 0.1) is 0 Å². The molecule has 0 aromatic carbocycles. The van der Waals surface area contributed by atoms with Crippen LogP contribution in [-0.4, -0.2) is 78.8 Å². The van der Waals surface area contributed by atoms with Crippen LogP contribution in [0.15, 0.2) is 0 Å². The summed E-state index contributed by atoms with van der Waals surface area (Å²) < 4.78 is 5.30. The number of hydrogen-bond donors (Lipinski definition) is 6. The fraction of sp³-hybridized carbons (Fsp3) is 0.759. The van der Waals surface area contributed by atoms with Crippen LogP contribution >= 0.6 is 0 Å². The molecule has 0 heterocycles. The first-order chi connectivity index (χ1) is 19.8. The molecule has 0 saturated carbocycles. The van der Waals surface area contributed by atoms with Gasteiger partial charge in [-0.2, -0.15) is 0 Å². The molecule has 0 atom stereocenters. The van der Waals surface area contributed by atoms with Gasteiger partial charge < -0.3 is 35.8 Å². The number of carbonyl (C=O) groups excluding carboxylic acids is 3. The smallest absolute Gasteiger partial charge is 0.306 e. The summed E-state index contributed by atoms with van der Waals surface area (Å²) in [5, 5.41) is 42.3. The van der Waals surface area contributed by atoms with Gasteiger partial charge in [-0.25, -0.2) is 0 Å². The monoisotopic (exact) mass is 616 g/mol. The van der Waals surface area contributed by atoms with Crippen LogP contribution in [-0.2, 0) is 38.3 Å². The zero-order chi connectivity index (χ0) is 33.3. The van der Waals surface area contributed by atoms with Crippen molar-refractivity contribution in [1.82, 2.24) is 10.6 Å². The quantitative estimate of drug-likeness (QED) is 0.0908. The van der Waals surface area contributed by atoms with E-state index in [0.717, 1.165) is 0 Å². The second-order valence-corrected chi connectivity index (χ2v) is 11.9. The van der Waals surface area contributed by atoms with Gasteiger partial charge in [0.2, 0.25) is 11.8 Å². The van der Waals surface area contributed by atoms with Crippen LogP contribution in [0.4, 0.5) is 0 Å². The van der Waals surface area contributed by atoms with Crippen LogP contribution in [0.25, 0.3) is 0 Å². The highest BCUT2D eigenvalue weighted by Gasteiger charge is 2.35. The molecule has 0 saturated heterocycles. The van der Waals surface area contributed by atoms with Gasteiger partial charge in [0.1, 0.15) is 5.60 Å². The van der Waals surface area contributed by atoms with E-state index in [1.165, 1.54) is 0 Å². The number of carbonyl (C=O) groups is 7. The van der Waals surface area contributed by atoms with Crippen molar-refractivity contribution in [3.8, 4) is 0 Å². The van der Waals surface area contributed by atoms with Crippen molar-refractivity contribution >= 4 is 41.7 Å². The van der Waals surface area contributed by atoms with Crippen molar-refractivity contribution in [3.63, 3.8) is 0 Å². The molecule has 0 aliphatic heterocycles. The summed E-state index contributed by atoms with van der Waals surface area (Å²) >= 11 is 0. The molecule has 0 unspecified atom stereocenters. The molecule has 43 heavy (non-hydrogen) atoms. The minimum atomic E-state index is -1.32. The molecule has 0 spiro atoms. The molecule has 14 nitrogen and oxygen atoms in total. The van der Waals surface area contributed by atoms with E-state index in [0.29, 0.717) is 12.8 Å². The summed E-state index contributed by atoms with van der Waals surface area (Å²) in [4.78, 5) is 83.2. The first-order valence-electron chi connectivity index (χ1n) is 14.5. The maximum atomic E-state index is 13.0. The third kappa shape index (κ3) is 19.2. The summed E-state index contributed by atoms with van der Waals surface area (Å²) in [6.07, 6.45) is -1.02. The summed E-state index contributed by atoms with van der Waals surface area (Å²) in [7, 11) is 0. The Labute approximate surface area is 251 Å². The van der Waals surface area contributed by atoms with Crippen molar-refractivity contribution in [1.29, 1.82) is 0 Å². The van der Waals surface area contributed by atoms with E-state index >= 15 is 0 Å². The summed E-state index contributed by atoms with van der Waals surface area (Å²) in [5.74, 6) is -6.12. The first kappa shape index (κ1) is 39.3. The van der Waals surface area contributed by atoms with Crippen molar-refractivity contribution in [3.05, 3.63) is 0 Å². The molecule has 14 heteroatoms. The molecule has 246 valence electrons. The maximum Gasteiger partial charge on any atom is 0.306 e. The van der Waals surface area contributed by atoms with Crippen LogP contribution in [0.2, 0.25) is 0 Å². The van der Waals surface area contributed by atoms with Gasteiger partial charge in [0.15, 0.2) is 0 Å². The van der Waals surface area contributed by atoms with E-state index < -0.39 is 58.3 Å². The summed E-state index contributed by atoms with van der Waals surface area (Å²) in [6.45, 7) is 6.86. The van der Waals surface area contributed by atoms with Crippen LogP contribution in [0.1, 0.15) is 124 Å². The number of hydrogen-bond acceptors (Lipinski definition) is 8. The molecule has 0 fully saturated rings. The fourth-order valence-corrected chi connectivity index (χ4v) is 4.85. The minimum Gasteiger partial charge on any atom is -0.481 e. The molecular formula is C29H48N2O12. The summed E-state index contributed by atoms with van der Waals surface area (Å²) in [5.41, 5.74) is -3.13. The topological polar surface area (TPSA) is 234 Å². The SMILES string of the molecule is CCCC(CCC(=O)O)(CCC(=O)O)NC(=O)CCCC(=O)NC(CCC(=O)O)(CCC(=O)O)CCC(=O)OC(C)(C)C. The zero-order valence-electron chi connectivity index (χ0n) is 25.7. The number of aliphatic carboxylic acids is 4. The zero-order valence-corrected chi connectivity index (χ0v) is 25.7. The molecule has 0 aliphatic rings. The highest BCUT2D eigenvalue weighted by Crippen LogP contribution is 2.28. The van der Waals surface area contributed by atoms with E-state index in [4.69, 9.17) is 14.9 Å². The third-order valence-corrected chi connectivity index (χ3v) is 6.84. The van der Waals surface area contributed by atoms with Crippen molar-refractivity contribution in [2.75, 3.05) is 0 Å². The van der Waals surface area contributed by atoms with Gasteiger partial charge >= 0.3 is 29.8 Å². The van der Waals surface area contributed by atoms with Gasteiger partial charge in [-0.05, 0) is 65.7 Å². The Hall–Kier alpha value is -3.71. The number of carboxylic acid groups (broad SMARTS) is 4. The molecule has 0 aliphatic carbocycles. The highest BCUT2D eigenvalue weighted by molar-refractivity contribution is 5.80. The lowest BCUT2D eigenvalue weighted by Gasteiger charge is -2.35. The second kappa shape index (κ2) is 18.7. The van der Waals surface area contributed by atoms with E-state index in [9.17, 15) is 43.8 Å². The van der Waals surface area contributed by atoms with Gasteiger partial charge in [0, 0.05) is 56.0 Å². The molecule has 0 aromatic heterocycles. The highest BCUT2D eigenvalue weighted by atomic mass is 16.6. The van der Waals surface area contributed by atoms with Crippen molar-refractivity contribution < 1.29 is 58.7 Å². The number of carboxylic acids is 4. The molecule has 6 N–H and O–H groups in total. The maximum absolute atomic E-state index is 13.0. The van der Waals surface area contributed by atoms with Crippen molar-refractivity contribution in [2.45, 2.75) is 141 Å². The molecule has 2 amide bonds. The van der Waals surface area contributed by atoms with E-state index in [2.05, 4.69) is 10.6 Å². The number of ether oxygens (including phenoxy) is 1. The molecular weight excluding hydrogens is 568 g/mol. The Morgan fingerprint density at radius 3 is 1.16 bits per heavy atom. The predicted octanol–water partition coefficient (Wildman–Crippen LogP) is 3.25. The van der Waals surface area contributed by atoms with Gasteiger partial charge in [0.05, 0.1) is 0 Å². The number of nitrogens with one attached hydrogen (secondary N) is 2. The average molecular weight is 617 g/mol. The van der Waals surface area contributed by atoms with Crippen LogP contribution in [0.3, 0.4) is 0 Å². The Morgan fingerprint density at radius 2 is 0.860 bits per heavy atom. The van der Waals surface area contributed by atoms with E-state index in [1.807, 2.05) is 6.92 Å². The van der Waals surface area contributed by atoms with Crippen molar-refractivity contribution in [2.24, 2.45) is 0 Å². The number of amides is 2. The van der Waals surface area contributed by atoms with E-state index in [1.54, 1.807) is 20.8 Å². The van der Waals surface area contributed by atoms with E-state index in [-0.39, 0.29) is 83.5 Å². The predicted molar refractivity (Wildman–Crippen MR) is 153 cm³/mol. The lowest BCUT2D eigenvalue weighted by atomic mass is 9.83. The Balaban J connectivity index is 5.57. The largest absolute Gasteiger partial charge is 0.481 e. The number of esters is 1. The normalized spacial score (nSPS) is 11.8. The number of rotatable bonds is 23. The van der Waals surface area contributed by atoms with Gasteiger partial charge in [-0.1, -0.05) is 13.3 Å². The Bertz CT molecular complexity index is 950. The first-order valence-corrected chi connectivity index (χ1v) is 14.5. The van der Waals surface area contributed by atoms with Gasteiger partial charge in [0.25, 0.3) is 0 Å². The molecule has 0 aromatic rings. The Morgan fingerprint density at radius 1 is 0.535 bits per heavy atom. The van der Waals surface area contributed by atoms with Crippen LogP contribution in [0.5, 0.6) is 0 Å². The van der Waals surface area contributed by atoms with Gasteiger partial charge in [-0.15, -0.1) is 0 Å². The second-order valence-electron chi connectivity index (χ2n) is 11.9. The Kier molecular flexibility index (Phi) is 17.1. The summed E-state index contributed by atoms with van der Waals surface area (Å²) in [6, 6.07) is 0. The molecule has 0 rings (SSSR count). The minimum absolute atomic E-state index is 0.0446. The fourth-order valence-electron chi connectivity index (χ4n) is 4.85. The average Bonchev–Trinajstić information content (AvgIpc) is 2.86. The molecule has 0 radical (unpaired) electrons. The lowest BCUT2D eigenvalue weighted by Crippen LogP contribution is -2.50.